The second kappa shape index (κ2) is 15.7. The van der Waals surface area contributed by atoms with E-state index < -0.39 is 0 Å². The van der Waals surface area contributed by atoms with E-state index in [1.165, 1.54) is 62.0 Å². The van der Waals surface area contributed by atoms with Gasteiger partial charge in [-0.3, -0.25) is 0 Å². The Labute approximate surface area is 380 Å². The molecular formula is C58H56B3N2. The second-order valence-corrected chi connectivity index (χ2v) is 19.8. The minimum absolute atomic E-state index is 0.0647. The first-order valence-corrected chi connectivity index (χ1v) is 22.4. The van der Waals surface area contributed by atoms with Crippen molar-refractivity contribution >= 4 is 56.7 Å². The molecule has 6 aromatic carbocycles. The quantitative estimate of drug-likeness (QED) is 0.122. The summed E-state index contributed by atoms with van der Waals surface area (Å²) in [5.41, 5.74) is 24.4. The molecule has 307 valence electrons. The van der Waals surface area contributed by atoms with E-state index in [0.717, 1.165) is 62.4 Å². The molecule has 0 saturated heterocycles. The molecule has 2 aliphatic carbocycles. The number of aryl methyl sites for hydroxylation is 2. The van der Waals surface area contributed by atoms with Gasteiger partial charge in [0.25, 0.3) is 0 Å². The standard InChI is InChI=1S/C58H56B3N2/c1-11-17-39(59)26-29-62-54-42(23-24-46-52(54)45-33-48-49(34-47(45)58(46,9)10)57(7,8)28-27-56(48,5)6)44-30-35(2)31-51-53(44)61-37(4)55(41-21-16-15-18-36(41)3)63(51)50-25-22-40(60)32-43(50)38-19-13-12-14-20-38/h11-26,29-34,62H,1,27-28H2,2-10H3/b29-26-,39-17+. The van der Waals surface area contributed by atoms with Gasteiger partial charge in [0.15, 0.2) is 7.28 Å². The monoisotopic (exact) mass is 813 g/mol. The summed E-state index contributed by atoms with van der Waals surface area (Å²) in [4.78, 5) is 2.49. The summed E-state index contributed by atoms with van der Waals surface area (Å²) in [5.74, 6) is 0. The molecule has 0 fully saturated rings. The number of hydrogen-bond acceptors (Lipinski definition) is 2. The first kappa shape index (κ1) is 42.4. The van der Waals surface area contributed by atoms with Crippen LogP contribution in [0.1, 0.15) is 100 Å². The van der Waals surface area contributed by atoms with Gasteiger partial charge in [-0.05, 0) is 113 Å². The summed E-state index contributed by atoms with van der Waals surface area (Å²) in [7, 11) is 15.4. The van der Waals surface area contributed by atoms with Gasteiger partial charge < -0.3 is 10.2 Å². The van der Waals surface area contributed by atoms with Crippen LogP contribution in [0.25, 0.3) is 39.1 Å². The Kier molecular flexibility index (Phi) is 10.6. The zero-order valence-corrected chi connectivity index (χ0v) is 38.5. The number of nitrogens with zero attached hydrogens (tertiary/aromatic N) is 1. The van der Waals surface area contributed by atoms with Gasteiger partial charge in [0.05, 0.1) is 11.4 Å². The molecule has 9 rings (SSSR count). The molecule has 5 radical (unpaired) electrons. The van der Waals surface area contributed by atoms with E-state index in [4.69, 9.17) is 15.7 Å². The first-order valence-electron chi connectivity index (χ1n) is 22.4. The van der Waals surface area contributed by atoms with Gasteiger partial charge in [-0.25, -0.2) is 0 Å². The van der Waals surface area contributed by atoms with Gasteiger partial charge in [0.1, 0.15) is 15.7 Å². The van der Waals surface area contributed by atoms with Crippen molar-refractivity contribution in [3.05, 3.63) is 190 Å². The minimum atomic E-state index is -0.211. The highest BCUT2D eigenvalue weighted by Crippen LogP contribution is 2.58. The molecule has 0 amide bonds. The number of nitrogens with one attached hydrogen (secondary N) is 1. The van der Waals surface area contributed by atoms with E-state index in [2.05, 4.69) is 190 Å². The van der Waals surface area contributed by atoms with Crippen molar-refractivity contribution in [3.63, 3.8) is 0 Å². The van der Waals surface area contributed by atoms with Gasteiger partial charge in [0.2, 0.25) is 0 Å². The van der Waals surface area contributed by atoms with Crippen molar-refractivity contribution in [2.45, 2.75) is 91.4 Å². The first-order chi connectivity index (χ1) is 30.0. The number of allylic oxidation sites excluding steroid dienone is 5. The zero-order chi connectivity index (χ0) is 44.6. The van der Waals surface area contributed by atoms with Crippen LogP contribution in [-0.2, 0) is 16.2 Å². The lowest BCUT2D eigenvalue weighted by Crippen LogP contribution is -2.35. The Morgan fingerprint density at radius 1 is 0.683 bits per heavy atom. The third-order valence-electron chi connectivity index (χ3n) is 14.2. The molecule has 0 saturated carbocycles. The third kappa shape index (κ3) is 7.18. The van der Waals surface area contributed by atoms with Crippen LogP contribution in [0.4, 0.5) is 17.1 Å². The molecule has 0 bridgehead atoms. The van der Waals surface area contributed by atoms with E-state index in [1.807, 2.05) is 24.4 Å². The highest BCUT2D eigenvalue weighted by atomic mass is 15.2. The van der Waals surface area contributed by atoms with E-state index in [9.17, 15) is 0 Å². The summed E-state index contributed by atoms with van der Waals surface area (Å²) >= 11 is 0. The average Bonchev–Trinajstić information content (AvgIpc) is 3.48. The lowest BCUT2D eigenvalue weighted by atomic mass is 9.57. The van der Waals surface area contributed by atoms with E-state index >= 15 is 0 Å². The molecule has 63 heavy (non-hydrogen) atoms. The van der Waals surface area contributed by atoms with Crippen LogP contribution in [0.15, 0.2) is 151 Å². The van der Waals surface area contributed by atoms with Crippen LogP contribution < -0.4 is 21.1 Å². The summed E-state index contributed by atoms with van der Waals surface area (Å²) < 4.78 is 0. The van der Waals surface area contributed by atoms with Gasteiger partial charge in [0, 0.05) is 45.3 Å². The molecule has 0 aromatic heterocycles. The number of rotatable bonds is 8. The van der Waals surface area contributed by atoms with Crippen LogP contribution in [0, 0.1) is 13.8 Å². The van der Waals surface area contributed by atoms with Crippen molar-refractivity contribution in [2.75, 3.05) is 10.2 Å². The number of hydrogen-bond donors (Lipinski definition) is 1. The molecule has 2 nitrogen and oxygen atoms in total. The highest BCUT2D eigenvalue weighted by Gasteiger charge is 2.44. The van der Waals surface area contributed by atoms with Gasteiger partial charge in [-0.15, -0.1) is 0 Å². The van der Waals surface area contributed by atoms with Crippen LogP contribution in [-0.4, -0.2) is 23.0 Å². The fourth-order valence-electron chi connectivity index (χ4n) is 10.6. The number of fused-ring (bicyclic) bond motifs is 5. The van der Waals surface area contributed by atoms with Crippen LogP contribution in [0.3, 0.4) is 0 Å². The van der Waals surface area contributed by atoms with E-state index in [1.54, 1.807) is 6.08 Å². The summed E-state index contributed by atoms with van der Waals surface area (Å²) in [6.07, 6.45) is 9.80. The van der Waals surface area contributed by atoms with Crippen LogP contribution in [0.2, 0.25) is 0 Å². The highest BCUT2D eigenvalue weighted by molar-refractivity contribution is 6.67. The topological polar surface area (TPSA) is 15.3 Å². The molecule has 1 heterocycles. The Morgan fingerprint density at radius 2 is 1.38 bits per heavy atom. The smallest absolute Gasteiger partial charge is 0.191 e. The SMILES string of the molecule is [B]C(/C=C\Nc1c(-c2cc(C)cc3c2[B]C(C)=C(c2ccccc2C)N3c2ccc([B])cc2-c2ccccc2)ccc2c1-c1cc3c(cc1C2(C)C)C(C)(C)CCC3(C)C)=C/C=C. The molecule has 3 aliphatic rings. The Balaban J connectivity index is 1.34. The van der Waals surface area contributed by atoms with Crippen molar-refractivity contribution in [1.29, 1.82) is 0 Å². The van der Waals surface area contributed by atoms with E-state index in [0.29, 0.717) is 5.47 Å². The molecule has 5 heteroatoms. The average molecular weight is 814 g/mol. The van der Waals surface area contributed by atoms with Crippen LogP contribution >= 0.6 is 0 Å². The summed E-state index contributed by atoms with van der Waals surface area (Å²) in [6, 6.07) is 40.2. The Morgan fingerprint density at radius 3 is 2.10 bits per heavy atom. The Bertz CT molecular complexity index is 2940. The maximum Gasteiger partial charge on any atom is 0.191 e. The molecule has 1 N–H and O–H groups in total. The summed E-state index contributed by atoms with van der Waals surface area (Å²) in [5, 5.41) is 3.87. The van der Waals surface area contributed by atoms with Crippen molar-refractivity contribution < 1.29 is 0 Å². The Hall–Kier alpha value is -5.93. The summed E-state index contributed by atoms with van der Waals surface area (Å²) in [6.45, 7) is 25.0. The fourth-order valence-corrected chi connectivity index (χ4v) is 10.6. The van der Waals surface area contributed by atoms with Crippen molar-refractivity contribution in [1.82, 2.24) is 0 Å². The number of anilines is 3. The molecular weight excluding hydrogens is 757 g/mol. The molecule has 0 spiro atoms. The molecule has 1 aliphatic heterocycles. The maximum atomic E-state index is 6.60. The normalized spacial score (nSPS) is 16.8. The third-order valence-corrected chi connectivity index (χ3v) is 14.2. The lowest BCUT2D eigenvalue weighted by Gasteiger charge is -2.42. The number of benzene rings is 6. The predicted octanol–water partition coefficient (Wildman–Crippen LogP) is 13.1. The fraction of sp³-hybridized carbons (Fsp3) is 0.241. The van der Waals surface area contributed by atoms with E-state index in [-0.39, 0.29) is 16.2 Å². The van der Waals surface area contributed by atoms with Gasteiger partial charge in [-0.1, -0.05) is 179 Å². The minimum Gasteiger partial charge on any atom is -0.361 e. The second-order valence-electron chi connectivity index (χ2n) is 19.8. The molecule has 0 atom stereocenters. The van der Waals surface area contributed by atoms with Crippen LogP contribution in [0.5, 0.6) is 0 Å². The molecule has 6 aromatic rings. The zero-order valence-electron chi connectivity index (χ0n) is 38.5. The van der Waals surface area contributed by atoms with Crippen molar-refractivity contribution in [2.24, 2.45) is 0 Å². The van der Waals surface area contributed by atoms with Gasteiger partial charge >= 0.3 is 0 Å². The van der Waals surface area contributed by atoms with Crippen molar-refractivity contribution in [3.8, 4) is 33.4 Å². The largest absolute Gasteiger partial charge is 0.361 e. The van der Waals surface area contributed by atoms with Gasteiger partial charge in [-0.2, -0.15) is 0 Å². The maximum absolute atomic E-state index is 6.60. The predicted molar refractivity (Wildman–Crippen MR) is 275 cm³/mol. The lowest BCUT2D eigenvalue weighted by molar-refractivity contribution is 0.331. The molecule has 0 unspecified atom stereocenters.